The van der Waals surface area contributed by atoms with Crippen molar-refractivity contribution in [3.63, 3.8) is 0 Å². The Balaban J connectivity index is 1.36. The van der Waals surface area contributed by atoms with E-state index in [9.17, 15) is 4.79 Å². The SMILES string of the molecule is C[C@H](NC(=O)C[NH+]1CC[NH+](C(c2ccccc2)c2ccccc2)CC1)c1cccs1. The molecule has 1 atom stereocenters. The van der Waals surface area contributed by atoms with Crippen LogP contribution in [0.25, 0.3) is 0 Å². The quantitative estimate of drug-likeness (QED) is 0.532. The number of carbonyl (C=O) groups is 1. The van der Waals surface area contributed by atoms with E-state index in [1.165, 1.54) is 20.9 Å². The Bertz CT molecular complexity index is 867. The van der Waals surface area contributed by atoms with E-state index >= 15 is 0 Å². The molecule has 3 N–H and O–H groups in total. The van der Waals surface area contributed by atoms with E-state index in [0.717, 1.165) is 26.2 Å². The van der Waals surface area contributed by atoms with Gasteiger partial charge in [0.15, 0.2) is 6.54 Å². The van der Waals surface area contributed by atoms with Crippen molar-refractivity contribution in [3.8, 4) is 0 Å². The first kappa shape index (κ1) is 20.8. The number of hydrogen-bond donors (Lipinski definition) is 3. The molecule has 2 heterocycles. The van der Waals surface area contributed by atoms with Gasteiger partial charge >= 0.3 is 0 Å². The second-order valence-corrected chi connectivity index (χ2v) is 9.12. The lowest BCUT2D eigenvalue weighted by Crippen LogP contribution is -3.28. The summed E-state index contributed by atoms with van der Waals surface area (Å²) in [5.74, 6) is 0.150. The zero-order valence-electron chi connectivity index (χ0n) is 17.5. The topological polar surface area (TPSA) is 38.0 Å². The van der Waals surface area contributed by atoms with Crippen molar-refractivity contribution in [2.75, 3.05) is 32.7 Å². The van der Waals surface area contributed by atoms with Crippen molar-refractivity contribution < 1.29 is 14.6 Å². The smallest absolute Gasteiger partial charge is 0.275 e. The molecule has 1 aromatic heterocycles. The lowest BCUT2D eigenvalue weighted by atomic mass is 9.96. The van der Waals surface area contributed by atoms with Gasteiger partial charge in [-0.3, -0.25) is 4.79 Å². The molecule has 30 heavy (non-hydrogen) atoms. The van der Waals surface area contributed by atoms with Crippen LogP contribution in [-0.2, 0) is 4.79 Å². The number of carbonyl (C=O) groups excluding carboxylic acids is 1. The van der Waals surface area contributed by atoms with Crippen LogP contribution in [0.5, 0.6) is 0 Å². The number of rotatable bonds is 7. The number of hydrogen-bond acceptors (Lipinski definition) is 2. The Morgan fingerprint density at radius 1 is 0.900 bits per heavy atom. The Labute approximate surface area is 183 Å². The number of thiophene rings is 1. The van der Waals surface area contributed by atoms with Crippen molar-refractivity contribution in [1.82, 2.24) is 5.32 Å². The summed E-state index contributed by atoms with van der Waals surface area (Å²) >= 11 is 1.69. The Morgan fingerprint density at radius 3 is 2.03 bits per heavy atom. The first-order valence-corrected chi connectivity index (χ1v) is 11.7. The van der Waals surface area contributed by atoms with Crippen molar-refractivity contribution >= 4 is 17.2 Å². The van der Waals surface area contributed by atoms with Gasteiger partial charge in [0.1, 0.15) is 32.2 Å². The molecule has 1 aliphatic heterocycles. The second-order valence-electron chi connectivity index (χ2n) is 8.14. The Kier molecular flexibility index (Phi) is 6.95. The first-order valence-electron chi connectivity index (χ1n) is 10.8. The summed E-state index contributed by atoms with van der Waals surface area (Å²) in [6.45, 7) is 6.80. The highest BCUT2D eigenvalue weighted by atomic mass is 32.1. The van der Waals surface area contributed by atoms with Crippen molar-refractivity contribution in [3.05, 3.63) is 94.2 Å². The summed E-state index contributed by atoms with van der Waals surface area (Å²) in [6.07, 6.45) is 0. The molecule has 1 aliphatic rings. The van der Waals surface area contributed by atoms with Crippen molar-refractivity contribution in [1.29, 1.82) is 0 Å². The summed E-state index contributed by atoms with van der Waals surface area (Å²) in [4.78, 5) is 16.7. The lowest BCUT2D eigenvalue weighted by Gasteiger charge is -2.35. The summed E-state index contributed by atoms with van der Waals surface area (Å²) in [5.41, 5.74) is 2.73. The van der Waals surface area contributed by atoms with Crippen molar-refractivity contribution in [2.24, 2.45) is 0 Å². The standard InChI is InChI=1S/C25H29N3OS/c1-20(23-13-8-18-30-23)26-24(29)19-27-14-16-28(17-15-27)25(21-9-4-2-5-10-21)22-11-6-3-7-12-22/h2-13,18,20,25H,14-17,19H2,1H3,(H,26,29)/p+2/t20-/m0/s1. The maximum atomic E-state index is 12.5. The Morgan fingerprint density at radius 2 is 1.50 bits per heavy atom. The molecule has 1 amide bonds. The van der Waals surface area contributed by atoms with Gasteiger partial charge in [-0.05, 0) is 18.4 Å². The van der Waals surface area contributed by atoms with E-state index in [2.05, 4.69) is 84.4 Å². The summed E-state index contributed by atoms with van der Waals surface area (Å²) in [6, 6.07) is 26.2. The largest absolute Gasteiger partial charge is 0.344 e. The monoisotopic (exact) mass is 421 g/mol. The number of nitrogens with one attached hydrogen (secondary N) is 3. The normalized spacial score (nSPS) is 20.1. The fraction of sp³-hybridized carbons (Fsp3) is 0.320. The lowest BCUT2D eigenvalue weighted by molar-refractivity contribution is -1.02. The third-order valence-electron chi connectivity index (χ3n) is 6.03. The minimum absolute atomic E-state index is 0.0874. The third kappa shape index (κ3) is 5.17. The van der Waals surface area contributed by atoms with Gasteiger partial charge in [-0.25, -0.2) is 0 Å². The molecule has 156 valence electrons. The van der Waals surface area contributed by atoms with Crippen LogP contribution in [0.3, 0.4) is 0 Å². The molecule has 1 fully saturated rings. The Hall–Kier alpha value is -2.47. The highest BCUT2D eigenvalue weighted by Crippen LogP contribution is 2.19. The molecule has 0 radical (unpaired) electrons. The average molecular weight is 422 g/mol. The van der Waals surface area contributed by atoms with Crippen LogP contribution in [0.2, 0.25) is 0 Å². The molecule has 4 nitrogen and oxygen atoms in total. The molecule has 0 saturated carbocycles. The highest BCUT2D eigenvalue weighted by Gasteiger charge is 2.32. The summed E-state index contributed by atoms with van der Waals surface area (Å²) in [7, 11) is 0. The van der Waals surface area contributed by atoms with Crippen LogP contribution in [0, 0.1) is 0 Å². The highest BCUT2D eigenvalue weighted by molar-refractivity contribution is 7.10. The van der Waals surface area contributed by atoms with Gasteiger partial charge in [-0.2, -0.15) is 0 Å². The first-order chi connectivity index (χ1) is 14.7. The zero-order chi connectivity index (χ0) is 20.8. The number of quaternary nitrogens is 2. The molecule has 2 aromatic carbocycles. The molecule has 3 aromatic rings. The molecule has 1 saturated heterocycles. The minimum Gasteiger partial charge on any atom is -0.344 e. The van der Waals surface area contributed by atoms with Crippen LogP contribution in [-0.4, -0.2) is 38.6 Å². The van der Waals surface area contributed by atoms with Crippen LogP contribution in [0.15, 0.2) is 78.2 Å². The predicted octanol–water partition coefficient (Wildman–Crippen LogP) is 1.50. The molecule has 4 rings (SSSR count). The minimum atomic E-state index is 0.0874. The van der Waals surface area contributed by atoms with E-state index in [0.29, 0.717) is 12.6 Å². The van der Waals surface area contributed by atoms with Gasteiger partial charge in [0.25, 0.3) is 5.91 Å². The zero-order valence-corrected chi connectivity index (χ0v) is 18.3. The van der Waals surface area contributed by atoms with Crippen LogP contribution in [0.1, 0.15) is 35.0 Å². The molecular weight excluding hydrogens is 390 g/mol. The third-order valence-corrected chi connectivity index (χ3v) is 7.09. The maximum Gasteiger partial charge on any atom is 0.275 e. The fourth-order valence-corrected chi connectivity index (χ4v) is 5.21. The number of piperazine rings is 1. The fourth-order valence-electron chi connectivity index (χ4n) is 4.47. The second kappa shape index (κ2) is 10.0. The van der Waals surface area contributed by atoms with Gasteiger partial charge in [0, 0.05) is 16.0 Å². The molecule has 5 heteroatoms. The maximum absolute atomic E-state index is 12.5. The van der Waals surface area contributed by atoms with Crippen molar-refractivity contribution in [2.45, 2.75) is 19.0 Å². The van der Waals surface area contributed by atoms with E-state index in [4.69, 9.17) is 0 Å². The average Bonchev–Trinajstić information content (AvgIpc) is 3.32. The van der Waals surface area contributed by atoms with Gasteiger partial charge in [0.2, 0.25) is 0 Å². The van der Waals surface area contributed by atoms with E-state index in [1.807, 2.05) is 6.07 Å². The summed E-state index contributed by atoms with van der Waals surface area (Å²) in [5, 5.41) is 5.22. The predicted molar refractivity (Wildman–Crippen MR) is 122 cm³/mol. The van der Waals surface area contributed by atoms with Gasteiger partial charge in [-0.1, -0.05) is 66.7 Å². The van der Waals surface area contributed by atoms with Crippen LogP contribution in [0.4, 0.5) is 0 Å². The number of amides is 1. The number of benzene rings is 2. The molecular formula is C25H31N3OS+2. The van der Waals surface area contributed by atoms with E-state index in [1.54, 1.807) is 16.2 Å². The van der Waals surface area contributed by atoms with E-state index in [-0.39, 0.29) is 11.9 Å². The van der Waals surface area contributed by atoms with Gasteiger partial charge < -0.3 is 15.1 Å². The molecule has 0 unspecified atom stereocenters. The van der Waals surface area contributed by atoms with Crippen LogP contribution < -0.4 is 15.1 Å². The summed E-state index contributed by atoms with van der Waals surface area (Å²) < 4.78 is 0. The van der Waals surface area contributed by atoms with Crippen LogP contribution >= 0.6 is 11.3 Å². The van der Waals surface area contributed by atoms with Gasteiger partial charge in [0.05, 0.1) is 6.04 Å². The van der Waals surface area contributed by atoms with Gasteiger partial charge in [-0.15, -0.1) is 11.3 Å². The molecule has 0 bridgehead atoms. The van der Waals surface area contributed by atoms with E-state index < -0.39 is 0 Å². The molecule has 0 aliphatic carbocycles. The molecule has 0 spiro atoms.